The van der Waals surface area contributed by atoms with E-state index in [1.165, 1.54) is 35.1 Å². The smallest absolute Gasteiger partial charge is 0.343 e. The third-order valence-corrected chi connectivity index (χ3v) is 3.72. The minimum Gasteiger partial charge on any atom is -0.462 e. The number of sulfonamides is 1. The summed E-state index contributed by atoms with van der Waals surface area (Å²) in [6.45, 7) is 1.88. The van der Waals surface area contributed by atoms with E-state index in [9.17, 15) is 18.0 Å². The largest absolute Gasteiger partial charge is 0.462 e. The predicted octanol–water partition coefficient (Wildman–Crippen LogP) is 1.22. The van der Waals surface area contributed by atoms with Crippen LogP contribution in [0.2, 0.25) is 0 Å². The van der Waals surface area contributed by atoms with E-state index in [4.69, 9.17) is 4.74 Å². The highest BCUT2D eigenvalue weighted by Crippen LogP contribution is 2.17. The monoisotopic (exact) mass is 366 g/mol. The van der Waals surface area contributed by atoms with Crippen molar-refractivity contribution in [2.75, 3.05) is 22.9 Å². The molecule has 0 saturated heterocycles. The van der Waals surface area contributed by atoms with Crippen LogP contribution in [0.3, 0.4) is 0 Å². The molecule has 9 nitrogen and oxygen atoms in total. The van der Waals surface area contributed by atoms with Crippen molar-refractivity contribution >= 4 is 33.4 Å². The van der Waals surface area contributed by atoms with Gasteiger partial charge in [0.15, 0.2) is 0 Å². The lowest BCUT2D eigenvalue weighted by atomic mass is 10.2. The van der Waals surface area contributed by atoms with Crippen LogP contribution >= 0.6 is 0 Å². The molecule has 1 amide bonds. The summed E-state index contributed by atoms with van der Waals surface area (Å²) in [5, 5.41) is 6.55. The molecule has 2 N–H and O–H groups in total. The first kappa shape index (κ1) is 18.5. The van der Waals surface area contributed by atoms with Crippen molar-refractivity contribution in [2.45, 2.75) is 6.92 Å². The molecular formula is C15H18N4O5S. The van der Waals surface area contributed by atoms with Crippen LogP contribution in [0.5, 0.6) is 0 Å². The van der Waals surface area contributed by atoms with Gasteiger partial charge in [0.2, 0.25) is 10.0 Å². The maximum absolute atomic E-state index is 12.4. The highest BCUT2D eigenvalue weighted by Gasteiger charge is 2.19. The maximum Gasteiger partial charge on any atom is 0.343 e. The molecule has 134 valence electrons. The summed E-state index contributed by atoms with van der Waals surface area (Å²) in [6, 6.07) is 5.85. The molecule has 1 heterocycles. The number of hydrogen-bond donors (Lipinski definition) is 2. The van der Waals surface area contributed by atoms with E-state index < -0.39 is 21.9 Å². The quantitative estimate of drug-likeness (QED) is 0.742. The van der Waals surface area contributed by atoms with Crippen LogP contribution in [0.25, 0.3) is 0 Å². The molecule has 0 saturated carbocycles. The van der Waals surface area contributed by atoms with Gasteiger partial charge in [0.05, 0.1) is 19.1 Å². The number of anilines is 2. The number of esters is 1. The fraction of sp³-hybridized carbons (Fsp3) is 0.267. The zero-order valence-electron chi connectivity index (χ0n) is 13.9. The molecule has 25 heavy (non-hydrogen) atoms. The van der Waals surface area contributed by atoms with E-state index in [1.807, 2.05) is 0 Å². The van der Waals surface area contributed by atoms with E-state index >= 15 is 0 Å². The number of rotatable bonds is 6. The summed E-state index contributed by atoms with van der Waals surface area (Å²) in [5.74, 6) is -0.847. The Hall–Kier alpha value is -2.88. The van der Waals surface area contributed by atoms with Crippen LogP contribution < -0.4 is 10.0 Å². The minimum absolute atomic E-state index is 0.146. The lowest BCUT2D eigenvalue weighted by Gasteiger charge is -2.09. The highest BCUT2D eigenvalue weighted by atomic mass is 32.2. The lowest BCUT2D eigenvalue weighted by molar-refractivity contribution is 0.0527. The van der Waals surface area contributed by atoms with Gasteiger partial charge < -0.3 is 10.1 Å². The molecule has 0 radical (unpaired) electrons. The Morgan fingerprint density at radius 3 is 2.44 bits per heavy atom. The van der Waals surface area contributed by atoms with Crippen molar-refractivity contribution in [3.8, 4) is 0 Å². The fourth-order valence-corrected chi connectivity index (χ4v) is 2.59. The fourth-order valence-electron chi connectivity index (χ4n) is 2.03. The van der Waals surface area contributed by atoms with Gasteiger partial charge in [-0.3, -0.25) is 14.2 Å². The van der Waals surface area contributed by atoms with Gasteiger partial charge in [0, 0.05) is 18.3 Å². The Balaban J connectivity index is 2.18. The second-order valence-electron chi connectivity index (χ2n) is 5.16. The molecule has 2 rings (SSSR count). The molecule has 0 aliphatic rings. The zero-order chi connectivity index (χ0) is 18.6. The Kier molecular flexibility index (Phi) is 5.42. The molecule has 10 heteroatoms. The molecule has 2 aromatic rings. The molecule has 0 spiro atoms. The van der Waals surface area contributed by atoms with Crippen LogP contribution in [0.4, 0.5) is 11.5 Å². The third-order valence-electron chi connectivity index (χ3n) is 3.12. The lowest BCUT2D eigenvalue weighted by Crippen LogP contribution is -2.17. The number of benzene rings is 1. The van der Waals surface area contributed by atoms with E-state index in [-0.39, 0.29) is 23.6 Å². The summed E-state index contributed by atoms with van der Waals surface area (Å²) in [5.41, 5.74) is 0.773. The number of carbonyl (C=O) groups excluding carboxylic acids is 2. The number of aromatic nitrogens is 2. The van der Waals surface area contributed by atoms with E-state index in [2.05, 4.69) is 15.1 Å². The van der Waals surface area contributed by atoms with Gasteiger partial charge in [-0.1, -0.05) is 0 Å². The number of aryl methyl sites for hydroxylation is 1. The Morgan fingerprint density at radius 2 is 1.88 bits per heavy atom. The van der Waals surface area contributed by atoms with Crippen LogP contribution in [0.1, 0.15) is 27.6 Å². The van der Waals surface area contributed by atoms with Gasteiger partial charge in [-0.05, 0) is 31.2 Å². The van der Waals surface area contributed by atoms with Gasteiger partial charge in [-0.25, -0.2) is 13.2 Å². The first-order valence-electron chi connectivity index (χ1n) is 7.29. The second kappa shape index (κ2) is 7.34. The first-order valence-corrected chi connectivity index (χ1v) is 9.18. The second-order valence-corrected chi connectivity index (χ2v) is 6.91. The van der Waals surface area contributed by atoms with Crippen molar-refractivity contribution in [1.82, 2.24) is 9.78 Å². The summed E-state index contributed by atoms with van der Waals surface area (Å²) in [4.78, 5) is 24.2. The van der Waals surface area contributed by atoms with Gasteiger partial charge in [0.1, 0.15) is 11.4 Å². The molecule has 0 fully saturated rings. The summed E-state index contributed by atoms with van der Waals surface area (Å²) < 4.78 is 30.9. The third kappa shape index (κ3) is 4.80. The molecule has 0 atom stereocenters. The summed E-state index contributed by atoms with van der Waals surface area (Å²) in [7, 11) is -1.81. The van der Waals surface area contributed by atoms with Gasteiger partial charge in [0.25, 0.3) is 5.91 Å². The SMILES string of the molecule is CCOC(=O)c1cnn(C)c1NC(=O)c1ccc(NS(C)(=O)=O)cc1. The number of carbonyl (C=O) groups is 2. The normalized spacial score (nSPS) is 11.0. The summed E-state index contributed by atoms with van der Waals surface area (Å²) in [6.07, 6.45) is 2.35. The molecule has 0 aliphatic heterocycles. The maximum atomic E-state index is 12.4. The van der Waals surface area contributed by atoms with Crippen molar-refractivity contribution in [2.24, 2.45) is 7.05 Å². The van der Waals surface area contributed by atoms with Gasteiger partial charge in [-0.15, -0.1) is 0 Å². The Morgan fingerprint density at radius 1 is 1.24 bits per heavy atom. The minimum atomic E-state index is -3.39. The molecule has 0 aliphatic carbocycles. The number of nitrogens with one attached hydrogen (secondary N) is 2. The van der Waals surface area contributed by atoms with E-state index in [0.717, 1.165) is 6.26 Å². The number of ether oxygens (including phenoxy) is 1. The molecule has 1 aromatic carbocycles. The van der Waals surface area contributed by atoms with E-state index in [0.29, 0.717) is 5.69 Å². The first-order chi connectivity index (χ1) is 11.7. The van der Waals surface area contributed by atoms with Crippen LogP contribution in [0.15, 0.2) is 30.5 Å². The van der Waals surface area contributed by atoms with E-state index in [1.54, 1.807) is 14.0 Å². The Labute approximate surface area is 145 Å². The van der Waals surface area contributed by atoms with Crippen LogP contribution in [0, 0.1) is 0 Å². The average molecular weight is 366 g/mol. The number of hydrogen-bond acceptors (Lipinski definition) is 6. The van der Waals surface area contributed by atoms with Gasteiger partial charge >= 0.3 is 5.97 Å². The average Bonchev–Trinajstić information content (AvgIpc) is 2.88. The Bertz CT molecular complexity index is 887. The van der Waals surface area contributed by atoms with Crippen molar-refractivity contribution in [3.63, 3.8) is 0 Å². The van der Waals surface area contributed by atoms with Gasteiger partial charge in [-0.2, -0.15) is 5.10 Å². The molecule has 0 bridgehead atoms. The molecule has 0 unspecified atom stereocenters. The van der Waals surface area contributed by atoms with Crippen molar-refractivity contribution < 1.29 is 22.7 Å². The zero-order valence-corrected chi connectivity index (χ0v) is 14.8. The highest BCUT2D eigenvalue weighted by molar-refractivity contribution is 7.92. The standard InChI is InChI=1S/C15H18N4O5S/c1-4-24-15(21)12-9-16-19(2)13(12)17-14(20)10-5-7-11(8-6-10)18-25(3,22)23/h5-9,18H,4H2,1-3H3,(H,17,20). The van der Waals surface area contributed by atoms with Crippen molar-refractivity contribution in [3.05, 3.63) is 41.6 Å². The van der Waals surface area contributed by atoms with Crippen LogP contribution in [-0.2, 0) is 21.8 Å². The molecular weight excluding hydrogens is 348 g/mol. The number of nitrogens with zero attached hydrogens (tertiary/aromatic N) is 2. The van der Waals surface area contributed by atoms with Crippen molar-refractivity contribution in [1.29, 1.82) is 0 Å². The predicted molar refractivity (Wildman–Crippen MR) is 92.0 cm³/mol. The number of amides is 1. The topological polar surface area (TPSA) is 119 Å². The van der Waals surface area contributed by atoms with Crippen LogP contribution in [-0.4, -0.2) is 42.9 Å². The molecule has 1 aromatic heterocycles. The summed E-state index contributed by atoms with van der Waals surface area (Å²) >= 11 is 0.